The Hall–Kier alpha value is 2.45. The van der Waals surface area contributed by atoms with E-state index < -0.39 is 9.17 Å². The summed E-state index contributed by atoms with van der Waals surface area (Å²) in [5.41, 5.74) is 0. The fraction of sp³-hybridized carbons (Fsp3) is 0. The molecule has 0 aromatic heterocycles. The molecule has 0 aromatic carbocycles. The van der Waals surface area contributed by atoms with Crippen molar-refractivity contribution < 1.29 is 19.8 Å². The molecule has 0 spiro atoms. The van der Waals surface area contributed by atoms with Crippen molar-refractivity contribution in [3.63, 3.8) is 0 Å². The smallest absolute Gasteiger partial charge is 1.00 e. The average molecular weight is 260 g/mol. The Morgan fingerprint density at radius 1 is 1.50 bits per heavy atom. The SMILES string of the molecule is O=[Si](O)O.[Ba+2].[Ca+2].[H-].[H-].[H-].[H-]. The molecular weight excluding hydrogens is 253 g/mol. The Labute approximate surface area is 113 Å². The summed E-state index contributed by atoms with van der Waals surface area (Å²) in [6.45, 7) is 0. The van der Waals surface area contributed by atoms with E-state index in [4.69, 9.17) is 14.1 Å². The first kappa shape index (κ1) is 15.8. The maximum Gasteiger partial charge on any atom is 2.00 e. The van der Waals surface area contributed by atoms with Gasteiger partial charge in [0.05, 0.1) is 0 Å². The molecule has 3 nitrogen and oxygen atoms in total. The Morgan fingerprint density at radius 2 is 1.50 bits per heavy atom. The molecule has 0 fully saturated rings. The average Bonchev–Trinajstić information content (AvgIpc) is 0.811. The van der Waals surface area contributed by atoms with Gasteiger partial charge in [-0.25, -0.2) is 0 Å². The van der Waals surface area contributed by atoms with E-state index in [2.05, 4.69) is 0 Å². The first-order valence-corrected chi connectivity index (χ1v) is 1.95. The molecule has 0 aliphatic rings. The molecule has 0 saturated carbocycles. The maximum absolute atomic E-state index is 8.74. The molecule has 0 bridgehead atoms. The van der Waals surface area contributed by atoms with E-state index in [1.807, 2.05) is 0 Å². The van der Waals surface area contributed by atoms with Crippen molar-refractivity contribution in [1.82, 2.24) is 0 Å². The fourth-order valence-corrected chi connectivity index (χ4v) is 0. The normalized spacial score (nSPS) is 4.00. The van der Waals surface area contributed by atoms with Crippen LogP contribution in [-0.2, 0) is 4.46 Å². The van der Waals surface area contributed by atoms with Crippen molar-refractivity contribution in [2.45, 2.75) is 0 Å². The summed E-state index contributed by atoms with van der Waals surface area (Å²) in [7, 11) is -3.13. The molecule has 0 unspecified atom stereocenters. The summed E-state index contributed by atoms with van der Waals surface area (Å²) in [6.07, 6.45) is 0. The minimum absolute atomic E-state index is 0. The molecular formula is H6BaCaO3Si. The van der Waals surface area contributed by atoms with E-state index in [0.29, 0.717) is 0 Å². The third-order valence-corrected chi connectivity index (χ3v) is 0. The Kier molecular flexibility index (Phi) is 27.5. The maximum atomic E-state index is 8.74. The summed E-state index contributed by atoms with van der Waals surface area (Å²) < 4.78 is 8.74. The van der Waals surface area contributed by atoms with Crippen LogP contribution in [-0.4, -0.2) is 105 Å². The van der Waals surface area contributed by atoms with Crippen LogP contribution in [0.3, 0.4) is 0 Å². The number of hydrogen-bond donors (Lipinski definition) is 2. The van der Waals surface area contributed by atoms with Gasteiger partial charge in [-0.1, -0.05) is 0 Å². The molecule has 0 atom stereocenters. The first-order valence-electron chi connectivity index (χ1n) is 0.651. The van der Waals surface area contributed by atoms with Crippen molar-refractivity contribution in [3.8, 4) is 0 Å². The largest absolute Gasteiger partial charge is 2.00 e. The van der Waals surface area contributed by atoms with E-state index in [9.17, 15) is 0 Å². The summed E-state index contributed by atoms with van der Waals surface area (Å²) >= 11 is 0. The molecule has 32 valence electrons. The predicted molar refractivity (Wildman–Crippen MR) is 26.8 cm³/mol. The summed E-state index contributed by atoms with van der Waals surface area (Å²) in [5.74, 6) is 0. The van der Waals surface area contributed by atoms with Gasteiger partial charge in [-0.2, -0.15) is 0 Å². The predicted octanol–water partition coefficient (Wildman–Crippen LogP) is -1.93. The van der Waals surface area contributed by atoms with Crippen molar-refractivity contribution in [3.05, 3.63) is 0 Å². The molecule has 6 heteroatoms. The minimum Gasteiger partial charge on any atom is -1.00 e. The van der Waals surface area contributed by atoms with Crippen LogP contribution in [0.1, 0.15) is 5.71 Å². The standard InChI is InChI=1S/Ba.Ca.H2O3Si.4H/c;;1-4(2)3;;;;/h;;1-2H;;;;/q2*+2;;4*-1. The van der Waals surface area contributed by atoms with Gasteiger partial charge in [-0.15, -0.1) is 0 Å². The van der Waals surface area contributed by atoms with Crippen LogP contribution in [0, 0.1) is 0 Å². The number of hydrogen-bond acceptors (Lipinski definition) is 1. The summed E-state index contributed by atoms with van der Waals surface area (Å²) in [4.78, 5) is 14.3. The molecule has 0 radical (unpaired) electrons. The van der Waals surface area contributed by atoms with E-state index >= 15 is 0 Å². The summed E-state index contributed by atoms with van der Waals surface area (Å²) in [6, 6.07) is 0. The Morgan fingerprint density at radius 3 is 1.50 bits per heavy atom. The molecule has 0 aromatic rings. The second kappa shape index (κ2) is 10.4. The second-order valence-electron chi connectivity index (χ2n) is 0.283. The van der Waals surface area contributed by atoms with Crippen LogP contribution in [0.15, 0.2) is 0 Å². The molecule has 0 heterocycles. The van der Waals surface area contributed by atoms with Gasteiger partial charge >= 0.3 is 95.8 Å². The van der Waals surface area contributed by atoms with Crippen LogP contribution in [0.25, 0.3) is 0 Å². The third-order valence-electron chi connectivity index (χ3n) is 0. The summed E-state index contributed by atoms with van der Waals surface area (Å²) in [5, 5.41) is 0. The molecule has 0 aliphatic heterocycles. The zero-order chi connectivity index (χ0) is 3.58. The zero-order valence-electron chi connectivity index (χ0n) is 7.22. The van der Waals surface area contributed by atoms with Gasteiger partial charge in [0, 0.05) is 0 Å². The van der Waals surface area contributed by atoms with Gasteiger partial charge in [-0.3, -0.25) is 4.46 Å². The molecule has 0 aliphatic carbocycles. The van der Waals surface area contributed by atoms with Crippen molar-refractivity contribution in [2.24, 2.45) is 0 Å². The van der Waals surface area contributed by atoms with Crippen LogP contribution >= 0.6 is 0 Å². The van der Waals surface area contributed by atoms with Gasteiger partial charge in [0.2, 0.25) is 0 Å². The Balaban J connectivity index is -0.00000000300. The van der Waals surface area contributed by atoms with E-state index in [0.717, 1.165) is 0 Å². The molecule has 0 saturated heterocycles. The molecule has 2 N–H and O–H groups in total. The van der Waals surface area contributed by atoms with Gasteiger partial charge in [0.25, 0.3) is 0 Å². The van der Waals surface area contributed by atoms with Crippen LogP contribution in [0.2, 0.25) is 0 Å². The minimum atomic E-state index is -3.13. The van der Waals surface area contributed by atoms with Crippen LogP contribution in [0.5, 0.6) is 0 Å². The van der Waals surface area contributed by atoms with E-state index in [1.165, 1.54) is 0 Å². The van der Waals surface area contributed by atoms with Gasteiger partial charge < -0.3 is 15.3 Å². The number of rotatable bonds is 0. The molecule has 0 amide bonds. The van der Waals surface area contributed by atoms with Crippen LogP contribution < -0.4 is 0 Å². The second-order valence-corrected chi connectivity index (χ2v) is 0.848. The fourth-order valence-electron chi connectivity index (χ4n) is 0. The molecule has 0 rings (SSSR count). The van der Waals surface area contributed by atoms with Gasteiger partial charge in [0.1, 0.15) is 0 Å². The van der Waals surface area contributed by atoms with Crippen molar-refractivity contribution in [1.29, 1.82) is 0 Å². The third kappa shape index (κ3) is 31.9. The quantitative estimate of drug-likeness (QED) is 0.499. The van der Waals surface area contributed by atoms with Crippen LogP contribution in [0.4, 0.5) is 0 Å². The van der Waals surface area contributed by atoms with Crippen molar-refractivity contribution in [2.75, 3.05) is 0 Å². The van der Waals surface area contributed by atoms with Crippen molar-refractivity contribution >= 4 is 95.8 Å². The van der Waals surface area contributed by atoms with Gasteiger partial charge in [0.15, 0.2) is 0 Å². The monoisotopic (exact) mass is 260 g/mol. The van der Waals surface area contributed by atoms with E-state index in [1.54, 1.807) is 0 Å². The first-order chi connectivity index (χ1) is 1.73. The van der Waals surface area contributed by atoms with E-state index in [-0.39, 0.29) is 92.3 Å². The molecule has 6 heavy (non-hydrogen) atoms. The topological polar surface area (TPSA) is 57.5 Å². The Bertz CT molecular complexity index is 43.5. The van der Waals surface area contributed by atoms with Gasteiger partial charge in [-0.05, 0) is 0 Å². The zero-order valence-corrected chi connectivity index (χ0v) is 10.9.